The quantitative estimate of drug-likeness (QED) is 0.489. The van der Waals surface area contributed by atoms with Gasteiger partial charge in [0.05, 0.1) is 6.61 Å². The monoisotopic (exact) mass is 442 g/mol. The maximum atomic E-state index is 13.9. The number of benzene rings is 2. The molecule has 0 atom stereocenters. The number of rotatable bonds is 7. The van der Waals surface area contributed by atoms with Crippen molar-refractivity contribution in [2.75, 3.05) is 32.8 Å². The third kappa shape index (κ3) is 4.93. The van der Waals surface area contributed by atoms with E-state index in [9.17, 15) is 26.4 Å². The molecule has 162 valence electrons. The topological polar surface area (TPSA) is 66.9 Å². The Morgan fingerprint density at radius 1 is 0.933 bits per heavy atom. The summed E-state index contributed by atoms with van der Waals surface area (Å²) in [5.74, 6) is -4.46. The fourth-order valence-corrected chi connectivity index (χ4v) is 4.59. The van der Waals surface area contributed by atoms with E-state index in [1.54, 1.807) is 0 Å². The van der Waals surface area contributed by atoms with E-state index < -0.39 is 32.4 Å². The van der Waals surface area contributed by atoms with Gasteiger partial charge in [-0.1, -0.05) is 18.2 Å². The molecule has 6 nitrogen and oxygen atoms in total. The van der Waals surface area contributed by atoms with Gasteiger partial charge in [-0.25, -0.2) is 21.6 Å². The van der Waals surface area contributed by atoms with E-state index in [2.05, 4.69) is 0 Å². The van der Waals surface area contributed by atoms with Crippen molar-refractivity contribution in [1.29, 1.82) is 0 Å². The highest BCUT2D eigenvalue weighted by molar-refractivity contribution is 7.89. The molecule has 0 unspecified atom stereocenters. The van der Waals surface area contributed by atoms with Gasteiger partial charge in [0.1, 0.15) is 10.6 Å². The van der Waals surface area contributed by atoms with Crippen LogP contribution in [0, 0.1) is 17.5 Å². The Hall–Kier alpha value is -2.59. The maximum absolute atomic E-state index is 13.9. The van der Waals surface area contributed by atoms with Gasteiger partial charge < -0.3 is 9.64 Å². The number of carbonyl (C=O) groups excluding carboxylic acids is 1. The largest absolute Gasteiger partial charge is 0.494 e. The van der Waals surface area contributed by atoms with Crippen LogP contribution in [0.2, 0.25) is 0 Å². The van der Waals surface area contributed by atoms with Crippen molar-refractivity contribution in [1.82, 2.24) is 9.21 Å². The lowest BCUT2D eigenvalue weighted by Gasteiger charge is -2.34. The second-order valence-electron chi connectivity index (χ2n) is 6.72. The first-order chi connectivity index (χ1) is 14.3. The second-order valence-corrected chi connectivity index (χ2v) is 8.63. The molecule has 1 fully saturated rings. The highest BCUT2D eigenvalue weighted by Crippen LogP contribution is 2.24. The van der Waals surface area contributed by atoms with E-state index in [-0.39, 0.29) is 38.5 Å². The lowest BCUT2D eigenvalue weighted by molar-refractivity contribution is -0.132. The number of ether oxygens (including phenoxy) is 1. The van der Waals surface area contributed by atoms with Crippen molar-refractivity contribution in [2.45, 2.75) is 17.7 Å². The molecule has 2 aromatic rings. The Balaban J connectivity index is 1.50. The fourth-order valence-electron chi connectivity index (χ4n) is 3.11. The number of sulfonamides is 1. The number of hydrogen-bond donors (Lipinski definition) is 0. The highest BCUT2D eigenvalue weighted by Gasteiger charge is 2.33. The van der Waals surface area contributed by atoms with Crippen LogP contribution < -0.4 is 4.74 Å². The van der Waals surface area contributed by atoms with E-state index >= 15 is 0 Å². The van der Waals surface area contributed by atoms with Crippen molar-refractivity contribution in [3.8, 4) is 5.75 Å². The Kier molecular flexibility index (Phi) is 6.99. The summed E-state index contributed by atoms with van der Waals surface area (Å²) in [7, 11) is -4.34. The van der Waals surface area contributed by atoms with Gasteiger partial charge in [-0.05, 0) is 30.7 Å². The average molecular weight is 442 g/mol. The molecule has 1 saturated heterocycles. The zero-order valence-electron chi connectivity index (χ0n) is 16.1. The summed E-state index contributed by atoms with van der Waals surface area (Å²) >= 11 is 0. The summed E-state index contributed by atoms with van der Waals surface area (Å²) in [5, 5.41) is 0. The van der Waals surface area contributed by atoms with Gasteiger partial charge in [0.15, 0.2) is 17.5 Å². The van der Waals surface area contributed by atoms with Crippen LogP contribution in [-0.2, 0) is 14.8 Å². The molecule has 1 aliphatic heterocycles. The number of halogens is 3. The number of carbonyl (C=O) groups is 1. The molecule has 0 spiro atoms. The summed E-state index contributed by atoms with van der Waals surface area (Å²) in [4.78, 5) is 12.9. The van der Waals surface area contributed by atoms with Gasteiger partial charge in [-0.2, -0.15) is 4.31 Å². The molecule has 30 heavy (non-hydrogen) atoms. The van der Waals surface area contributed by atoms with Gasteiger partial charge in [0, 0.05) is 32.6 Å². The SMILES string of the molecule is O=C(CCCOc1ccccc1)N1CCN(S(=O)(=O)c2ccc(F)c(F)c2F)CC1. The molecule has 0 saturated carbocycles. The van der Waals surface area contributed by atoms with E-state index in [1.807, 2.05) is 30.3 Å². The first kappa shape index (κ1) is 22.1. The Bertz CT molecular complexity index is 995. The van der Waals surface area contributed by atoms with Crippen molar-refractivity contribution >= 4 is 15.9 Å². The highest BCUT2D eigenvalue weighted by atomic mass is 32.2. The van der Waals surface area contributed by atoms with Crippen LogP contribution in [-0.4, -0.2) is 56.3 Å². The van der Waals surface area contributed by atoms with Crippen LogP contribution in [0.5, 0.6) is 5.75 Å². The Morgan fingerprint density at radius 2 is 1.60 bits per heavy atom. The Morgan fingerprint density at radius 3 is 2.27 bits per heavy atom. The summed E-state index contributed by atoms with van der Waals surface area (Å²) in [6, 6.07) is 10.5. The van der Waals surface area contributed by atoms with Crippen LogP contribution in [0.4, 0.5) is 13.2 Å². The van der Waals surface area contributed by atoms with Gasteiger partial charge in [-0.15, -0.1) is 0 Å². The van der Waals surface area contributed by atoms with Crippen molar-refractivity contribution in [3.05, 3.63) is 59.9 Å². The molecule has 2 aromatic carbocycles. The zero-order valence-corrected chi connectivity index (χ0v) is 16.9. The zero-order chi connectivity index (χ0) is 21.7. The van der Waals surface area contributed by atoms with Gasteiger partial charge >= 0.3 is 0 Å². The van der Waals surface area contributed by atoms with Crippen LogP contribution in [0.1, 0.15) is 12.8 Å². The van der Waals surface area contributed by atoms with Gasteiger partial charge in [0.25, 0.3) is 0 Å². The van der Waals surface area contributed by atoms with Gasteiger partial charge in [0.2, 0.25) is 15.9 Å². The summed E-state index contributed by atoms with van der Waals surface area (Å²) in [6.45, 7) is 0.505. The Labute approximate surface area is 172 Å². The molecule has 0 aromatic heterocycles. The minimum atomic E-state index is -4.34. The predicted octanol–water partition coefficient (Wildman–Crippen LogP) is 2.80. The van der Waals surface area contributed by atoms with Crippen molar-refractivity contribution in [2.24, 2.45) is 0 Å². The lowest BCUT2D eigenvalue weighted by atomic mass is 10.2. The third-order valence-corrected chi connectivity index (χ3v) is 6.67. The number of hydrogen-bond acceptors (Lipinski definition) is 4. The molecule has 10 heteroatoms. The maximum Gasteiger partial charge on any atom is 0.246 e. The van der Waals surface area contributed by atoms with E-state index in [1.165, 1.54) is 4.90 Å². The molecule has 3 rings (SSSR count). The predicted molar refractivity (Wildman–Crippen MR) is 103 cm³/mol. The molecule has 0 aliphatic carbocycles. The molecule has 0 bridgehead atoms. The number of nitrogens with zero attached hydrogens (tertiary/aromatic N) is 2. The number of para-hydroxylation sites is 1. The molecular weight excluding hydrogens is 421 g/mol. The lowest BCUT2D eigenvalue weighted by Crippen LogP contribution is -2.50. The minimum Gasteiger partial charge on any atom is -0.494 e. The molecule has 1 amide bonds. The summed E-state index contributed by atoms with van der Waals surface area (Å²) in [5.41, 5.74) is 0. The van der Waals surface area contributed by atoms with Crippen LogP contribution >= 0.6 is 0 Å². The normalized spacial score (nSPS) is 15.2. The van der Waals surface area contributed by atoms with E-state index in [0.29, 0.717) is 30.9 Å². The second kappa shape index (κ2) is 9.48. The van der Waals surface area contributed by atoms with Crippen molar-refractivity contribution in [3.63, 3.8) is 0 Å². The van der Waals surface area contributed by atoms with Crippen LogP contribution in [0.3, 0.4) is 0 Å². The first-order valence-corrected chi connectivity index (χ1v) is 10.8. The molecule has 1 heterocycles. The third-order valence-electron chi connectivity index (χ3n) is 4.76. The minimum absolute atomic E-state index is 0.0625. The summed E-state index contributed by atoms with van der Waals surface area (Å²) in [6.07, 6.45) is 0.754. The smallest absolute Gasteiger partial charge is 0.246 e. The summed E-state index contributed by atoms with van der Waals surface area (Å²) < 4.78 is 72.0. The van der Waals surface area contributed by atoms with E-state index in [4.69, 9.17) is 4.74 Å². The van der Waals surface area contributed by atoms with Crippen molar-refractivity contribution < 1.29 is 31.1 Å². The van der Waals surface area contributed by atoms with Crippen LogP contribution in [0.25, 0.3) is 0 Å². The average Bonchev–Trinajstić information content (AvgIpc) is 2.75. The first-order valence-electron chi connectivity index (χ1n) is 9.40. The standard InChI is InChI=1S/C20H21F3N2O4S/c21-16-8-9-17(20(23)19(16)22)30(27,28)25-12-10-24(11-13-25)18(26)7-4-14-29-15-5-2-1-3-6-15/h1-3,5-6,8-9H,4,7,10-14H2. The van der Waals surface area contributed by atoms with Gasteiger partial charge in [-0.3, -0.25) is 4.79 Å². The number of piperazine rings is 1. The van der Waals surface area contributed by atoms with E-state index in [0.717, 1.165) is 4.31 Å². The number of amides is 1. The molecule has 0 N–H and O–H groups in total. The van der Waals surface area contributed by atoms with Crippen LogP contribution in [0.15, 0.2) is 47.4 Å². The molecule has 0 radical (unpaired) electrons. The molecule has 1 aliphatic rings. The molecular formula is C20H21F3N2O4S. The fraction of sp³-hybridized carbons (Fsp3) is 0.350.